The van der Waals surface area contributed by atoms with Crippen LogP contribution in [0, 0.1) is 6.92 Å². The molecule has 0 atom stereocenters. The first-order chi connectivity index (χ1) is 12.0. The van der Waals surface area contributed by atoms with E-state index < -0.39 is 0 Å². The van der Waals surface area contributed by atoms with Crippen molar-refractivity contribution in [2.24, 2.45) is 0 Å². The van der Waals surface area contributed by atoms with Gasteiger partial charge in [-0.05, 0) is 48.4 Å². The third-order valence-corrected chi connectivity index (χ3v) is 3.61. The molecule has 0 unspecified atom stereocenters. The zero-order chi connectivity index (χ0) is 18.4. The second kappa shape index (κ2) is 8.21. The van der Waals surface area contributed by atoms with Crippen molar-refractivity contribution in [2.45, 2.75) is 6.92 Å². The monoisotopic (exact) mass is 356 g/mol. The van der Waals surface area contributed by atoms with Crippen LogP contribution in [0.2, 0.25) is 5.28 Å². The summed E-state index contributed by atoms with van der Waals surface area (Å²) in [4.78, 5) is 29.7. The SMILES string of the molecule is C=CC=O.CNc1cccc(-n2c(=O)cc(C)c3cnc(Cl)nc32)c1. The quantitative estimate of drug-likeness (QED) is 0.443. The van der Waals surface area contributed by atoms with E-state index in [4.69, 9.17) is 16.4 Å². The molecular weight excluding hydrogens is 340 g/mol. The standard InChI is InChI=1S/C15H13ClN4O.C3H4O/c1-9-6-13(21)20(11-5-3-4-10(7-11)17-2)14-12(9)8-18-15(16)19-14;1-2-3-4/h3-8,17H,1-2H3;2-3H,1H2. The Morgan fingerprint density at radius 1 is 1.32 bits per heavy atom. The molecule has 25 heavy (non-hydrogen) atoms. The third kappa shape index (κ3) is 4.10. The van der Waals surface area contributed by atoms with Crippen molar-refractivity contribution in [3.8, 4) is 5.69 Å². The lowest BCUT2D eigenvalue weighted by molar-refractivity contribution is -0.104. The molecule has 3 aromatic rings. The van der Waals surface area contributed by atoms with E-state index >= 15 is 0 Å². The number of pyridine rings is 1. The minimum absolute atomic E-state index is 0.117. The van der Waals surface area contributed by atoms with Crippen LogP contribution >= 0.6 is 11.6 Å². The molecule has 1 aromatic carbocycles. The van der Waals surface area contributed by atoms with Gasteiger partial charge in [-0.1, -0.05) is 12.6 Å². The van der Waals surface area contributed by atoms with Crippen LogP contribution < -0.4 is 10.9 Å². The van der Waals surface area contributed by atoms with Crippen molar-refractivity contribution in [3.05, 3.63) is 70.4 Å². The molecule has 0 saturated carbocycles. The number of fused-ring (bicyclic) bond motifs is 1. The second-order valence-corrected chi connectivity index (χ2v) is 5.39. The topological polar surface area (TPSA) is 76.9 Å². The Kier molecular flexibility index (Phi) is 6.03. The molecular formula is C18H17ClN4O2. The number of allylic oxidation sites excluding steroid dienone is 1. The van der Waals surface area contributed by atoms with E-state index in [9.17, 15) is 4.79 Å². The van der Waals surface area contributed by atoms with Gasteiger partial charge in [0.15, 0.2) is 5.65 Å². The fourth-order valence-corrected chi connectivity index (χ4v) is 2.41. The average Bonchev–Trinajstić information content (AvgIpc) is 2.61. The van der Waals surface area contributed by atoms with Crippen molar-refractivity contribution in [3.63, 3.8) is 0 Å². The van der Waals surface area contributed by atoms with Gasteiger partial charge in [-0.15, -0.1) is 0 Å². The Hall–Kier alpha value is -2.99. The number of aldehydes is 1. The molecule has 0 saturated heterocycles. The molecule has 0 spiro atoms. The number of carbonyl (C=O) groups excluding carboxylic acids is 1. The largest absolute Gasteiger partial charge is 0.388 e. The molecule has 0 aliphatic heterocycles. The number of benzene rings is 1. The van der Waals surface area contributed by atoms with Crippen molar-refractivity contribution in [1.29, 1.82) is 0 Å². The van der Waals surface area contributed by atoms with E-state index in [2.05, 4.69) is 21.9 Å². The summed E-state index contributed by atoms with van der Waals surface area (Å²) >= 11 is 5.89. The normalized spacial score (nSPS) is 9.88. The molecule has 6 nitrogen and oxygen atoms in total. The number of carbonyl (C=O) groups is 1. The van der Waals surface area contributed by atoms with Crippen LogP contribution in [0.5, 0.6) is 0 Å². The van der Waals surface area contributed by atoms with E-state index in [1.165, 1.54) is 10.6 Å². The molecule has 7 heteroatoms. The molecule has 0 fully saturated rings. The maximum absolute atomic E-state index is 12.4. The lowest BCUT2D eigenvalue weighted by atomic mass is 10.2. The summed E-state index contributed by atoms with van der Waals surface area (Å²) in [5.41, 5.74) is 2.82. The maximum atomic E-state index is 12.4. The zero-order valence-corrected chi connectivity index (χ0v) is 14.6. The van der Waals surface area contributed by atoms with Crippen LogP contribution in [-0.2, 0) is 4.79 Å². The molecule has 0 aliphatic rings. The molecule has 2 heterocycles. The summed E-state index contributed by atoms with van der Waals surface area (Å²) in [6.07, 6.45) is 3.47. The molecule has 0 amide bonds. The Bertz CT molecular complexity index is 976. The molecule has 0 radical (unpaired) electrons. The number of rotatable bonds is 3. The number of aromatic nitrogens is 3. The van der Waals surface area contributed by atoms with Crippen LogP contribution in [0.3, 0.4) is 0 Å². The van der Waals surface area contributed by atoms with Gasteiger partial charge in [0.25, 0.3) is 5.56 Å². The number of halogens is 1. The predicted octanol–water partition coefficient (Wildman–Crippen LogP) is 3.16. The molecule has 1 N–H and O–H groups in total. The number of aryl methyl sites for hydroxylation is 1. The summed E-state index contributed by atoms with van der Waals surface area (Å²) in [6, 6.07) is 9.11. The lowest BCUT2D eigenvalue weighted by Crippen LogP contribution is -2.19. The van der Waals surface area contributed by atoms with E-state index in [0.29, 0.717) is 11.9 Å². The molecule has 0 bridgehead atoms. The molecule has 0 aliphatic carbocycles. The van der Waals surface area contributed by atoms with Gasteiger partial charge in [0, 0.05) is 30.4 Å². The van der Waals surface area contributed by atoms with Gasteiger partial charge in [-0.3, -0.25) is 14.2 Å². The zero-order valence-electron chi connectivity index (χ0n) is 13.9. The molecule has 3 rings (SSSR count). The number of hydrogen-bond acceptors (Lipinski definition) is 5. The summed E-state index contributed by atoms with van der Waals surface area (Å²) in [6.45, 7) is 4.97. The number of hydrogen-bond donors (Lipinski definition) is 1. The summed E-state index contributed by atoms with van der Waals surface area (Å²) < 4.78 is 1.54. The van der Waals surface area contributed by atoms with E-state index in [1.807, 2.05) is 38.2 Å². The first kappa shape index (κ1) is 18.4. The van der Waals surface area contributed by atoms with Crippen LogP contribution in [0.1, 0.15) is 5.56 Å². The highest BCUT2D eigenvalue weighted by atomic mass is 35.5. The van der Waals surface area contributed by atoms with Gasteiger partial charge in [0.05, 0.1) is 5.69 Å². The van der Waals surface area contributed by atoms with E-state index in [1.54, 1.807) is 12.3 Å². The molecule has 128 valence electrons. The lowest BCUT2D eigenvalue weighted by Gasteiger charge is -2.12. The van der Waals surface area contributed by atoms with Gasteiger partial charge in [-0.25, -0.2) is 4.98 Å². The van der Waals surface area contributed by atoms with E-state index in [-0.39, 0.29) is 10.8 Å². The van der Waals surface area contributed by atoms with Crippen molar-refractivity contribution in [2.75, 3.05) is 12.4 Å². The first-order valence-electron chi connectivity index (χ1n) is 7.41. The van der Waals surface area contributed by atoms with Gasteiger partial charge in [0.2, 0.25) is 5.28 Å². The minimum atomic E-state index is -0.150. The smallest absolute Gasteiger partial charge is 0.257 e. The summed E-state index contributed by atoms with van der Waals surface area (Å²) in [5.74, 6) is 0. The minimum Gasteiger partial charge on any atom is -0.388 e. The van der Waals surface area contributed by atoms with Gasteiger partial charge in [-0.2, -0.15) is 4.98 Å². The highest BCUT2D eigenvalue weighted by Crippen LogP contribution is 2.20. The Morgan fingerprint density at radius 2 is 2.04 bits per heavy atom. The van der Waals surface area contributed by atoms with Gasteiger partial charge in [0.1, 0.15) is 6.29 Å². The molecule has 2 aromatic heterocycles. The Morgan fingerprint density at radius 3 is 2.68 bits per heavy atom. The van der Waals surface area contributed by atoms with Crippen LogP contribution in [0.15, 0.2) is 54.0 Å². The van der Waals surface area contributed by atoms with Gasteiger partial charge >= 0.3 is 0 Å². The van der Waals surface area contributed by atoms with Crippen LogP contribution in [0.4, 0.5) is 5.69 Å². The van der Waals surface area contributed by atoms with Crippen LogP contribution in [0.25, 0.3) is 16.7 Å². The highest BCUT2D eigenvalue weighted by Gasteiger charge is 2.11. The average molecular weight is 357 g/mol. The number of anilines is 1. The van der Waals surface area contributed by atoms with Crippen molar-refractivity contribution in [1.82, 2.24) is 14.5 Å². The fourth-order valence-electron chi connectivity index (χ4n) is 2.28. The predicted molar refractivity (Wildman–Crippen MR) is 101 cm³/mol. The number of nitrogens with one attached hydrogen (secondary N) is 1. The Balaban J connectivity index is 0.000000511. The highest BCUT2D eigenvalue weighted by molar-refractivity contribution is 6.28. The Labute approximate surface area is 149 Å². The van der Waals surface area contributed by atoms with E-state index in [0.717, 1.165) is 22.3 Å². The van der Waals surface area contributed by atoms with Crippen molar-refractivity contribution < 1.29 is 4.79 Å². The number of nitrogens with zero attached hydrogens (tertiary/aromatic N) is 3. The fraction of sp³-hybridized carbons (Fsp3) is 0.111. The first-order valence-corrected chi connectivity index (χ1v) is 7.79. The maximum Gasteiger partial charge on any atom is 0.257 e. The third-order valence-electron chi connectivity index (χ3n) is 3.43. The van der Waals surface area contributed by atoms with Crippen molar-refractivity contribution >= 4 is 34.6 Å². The summed E-state index contributed by atoms with van der Waals surface area (Å²) in [7, 11) is 1.83. The van der Waals surface area contributed by atoms with Crippen LogP contribution in [-0.4, -0.2) is 27.9 Å². The summed E-state index contributed by atoms with van der Waals surface area (Å²) in [5, 5.41) is 3.97. The second-order valence-electron chi connectivity index (χ2n) is 5.05. The van der Waals surface area contributed by atoms with Gasteiger partial charge < -0.3 is 5.32 Å².